The van der Waals surface area contributed by atoms with Gasteiger partial charge >= 0.3 is 0 Å². The number of ketones is 1. The number of pyridine rings is 1. The van der Waals surface area contributed by atoms with E-state index < -0.39 is 0 Å². The Morgan fingerprint density at radius 2 is 1.67 bits per heavy atom. The van der Waals surface area contributed by atoms with Crippen molar-refractivity contribution in [3.05, 3.63) is 60.7 Å². The van der Waals surface area contributed by atoms with Crippen molar-refractivity contribution < 1.29 is 9.53 Å². The molecule has 3 aromatic rings. The Balaban J connectivity index is 1.65. The van der Waals surface area contributed by atoms with Crippen LogP contribution in [0.4, 0.5) is 0 Å². The Kier molecular flexibility index (Phi) is 4.44. The van der Waals surface area contributed by atoms with E-state index in [1.165, 1.54) is 0 Å². The summed E-state index contributed by atoms with van der Waals surface area (Å²) in [4.78, 5) is 25.7. The molecule has 1 aliphatic rings. The molecule has 5 nitrogen and oxygen atoms in total. The molecule has 2 aromatic heterocycles. The van der Waals surface area contributed by atoms with E-state index in [-0.39, 0.29) is 11.4 Å². The van der Waals surface area contributed by atoms with Crippen LogP contribution in [-0.2, 0) is 0 Å². The normalized spacial score (nSPS) is 15.1. The summed E-state index contributed by atoms with van der Waals surface area (Å²) in [5, 5.41) is 0. The van der Waals surface area contributed by atoms with Gasteiger partial charge < -0.3 is 4.74 Å². The summed E-state index contributed by atoms with van der Waals surface area (Å²) in [5.41, 5.74) is 2.99. The fourth-order valence-corrected chi connectivity index (χ4v) is 3.45. The SMILES string of the molecule is CCC1(CC)CC(=O)c2cc(-c3ncc(-c4ccncc4)cn3)ccc2O1. The predicted molar refractivity (Wildman–Crippen MR) is 104 cm³/mol. The second kappa shape index (κ2) is 6.91. The Hall–Kier alpha value is -3.08. The maximum Gasteiger partial charge on any atom is 0.170 e. The van der Waals surface area contributed by atoms with Gasteiger partial charge in [0.1, 0.15) is 11.4 Å². The first-order chi connectivity index (χ1) is 13.1. The lowest BCUT2D eigenvalue weighted by Gasteiger charge is -2.36. The van der Waals surface area contributed by atoms with Crippen LogP contribution in [0.2, 0.25) is 0 Å². The van der Waals surface area contributed by atoms with Crippen LogP contribution in [0.3, 0.4) is 0 Å². The van der Waals surface area contributed by atoms with E-state index in [9.17, 15) is 4.79 Å². The first-order valence-electron chi connectivity index (χ1n) is 9.23. The van der Waals surface area contributed by atoms with E-state index in [4.69, 9.17) is 4.74 Å². The van der Waals surface area contributed by atoms with Crippen LogP contribution in [0.25, 0.3) is 22.5 Å². The molecule has 0 bridgehead atoms. The highest BCUT2D eigenvalue weighted by atomic mass is 16.5. The van der Waals surface area contributed by atoms with Gasteiger partial charge in [-0.3, -0.25) is 9.78 Å². The van der Waals surface area contributed by atoms with Gasteiger partial charge in [-0.1, -0.05) is 13.8 Å². The van der Waals surface area contributed by atoms with Gasteiger partial charge in [0.2, 0.25) is 0 Å². The van der Waals surface area contributed by atoms with Crippen molar-refractivity contribution >= 4 is 5.78 Å². The summed E-state index contributed by atoms with van der Waals surface area (Å²) >= 11 is 0. The quantitative estimate of drug-likeness (QED) is 0.674. The van der Waals surface area contributed by atoms with E-state index in [0.717, 1.165) is 29.5 Å². The van der Waals surface area contributed by atoms with Crippen molar-refractivity contribution in [3.8, 4) is 28.3 Å². The minimum Gasteiger partial charge on any atom is -0.486 e. The van der Waals surface area contributed by atoms with E-state index in [1.54, 1.807) is 24.8 Å². The average molecular weight is 359 g/mol. The van der Waals surface area contributed by atoms with Gasteiger partial charge in [0.25, 0.3) is 0 Å². The second-order valence-corrected chi connectivity index (χ2v) is 6.83. The summed E-state index contributed by atoms with van der Waals surface area (Å²) in [6.45, 7) is 4.13. The van der Waals surface area contributed by atoms with Crippen molar-refractivity contribution in [1.82, 2.24) is 15.0 Å². The maximum atomic E-state index is 12.7. The molecular formula is C22H21N3O2. The van der Waals surface area contributed by atoms with E-state index in [1.807, 2.05) is 30.3 Å². The highest BCUT2D eigenvalue weighted by Gasteiger charge is 2.37. The third-order valence-corrected chi connectivity index (χ3v) is 5.30. The van der Waals surface area contributed by atoms with Gasteiger partial charge in [-0.15, -0.1) is 0 Å². The molecule has 0 atom stereocenters. The Morgan fingerprint density at radius 1 is 0.963 bits per heavy atom. The molecule has 0 saturated carbocycles. The van der Waals surface area contributed by atoms with Gasteiger partial charge in [-0.05, 0) is 48.7 Å². The molecule has 0 aliphatic carbocycles. The molecule has 0 unspecified atom stereocenters. The van der Waals surface area contributed by atoms with Gasteiger partial charge in [0.05, 0.1) is 12.0 Å². The molecule has 4 rings (SSSR count). The number of ether oxygens (including phenoxy) is 1. The Morgan fingerprint density at radius 3 is 2.33 bits per heavy atom. The average Bonchev–Trinajstić information content (AvgIpc) is 2.74. The van der Waals surface area contributed by atoms with E-state index in [2.05, 4.69) is 28.8 Å². The summed E-state index contributed by atoms with van der Waals surface area (Å²) < 4.78 is 6.19. The number of hydrogen-bond acceptors (Lipinski definition) is 5. The highest BCUT2D eigenvalue weighted by Crippen LogP contribution is 2.38. The standard InChI is InChI=1S/C22H21N3O2/c1-3-22(4-2)12-19(26)18-11-16(5-6-20(18)27-22)21-24-13-17(14-25-21)15-7-9-23-10-8-15/h5-11,13-14H,3-4,12H2,1-2H3. The van der Waals surface area contributed by atoms with E-state index >= 15 is 0 Å². The summed E-state index contributed by atoms with van der Waals surface area (Å²) in [7, 11) is 0. The molecule has 27 heavy (non-hydrogen) atoms. The van der Waals surface area contributed by atoms with Gasteiger partial charge in [0.15, 0.2) is 11.6 Å². The van der Waals surface area contributed by atoms with Crippen LogP contribution in [0.15, 0.2) is 55.1 Å². The first kappa shape index (κ1) is 17.3. The van der Waals surface area contributed by atoms with Crippen molar-refractivity contribution in [2.24, 2.45) is 0 Å². The van der Waals surface area contributed by atoms with Crippen LogP contribution >= 0.6 is 0 Å². The van der Waals surface area contributed by atoms with Crippen LogP contribution in [0.5, 0.6) is 5.75 Å². The number of rotatable bonds is 4. The van der Waals surface area contributed by atoms with Gasteiger partial charge in [-0.25, -0.2) is 9.97 Å². The van der Waals surface area contributed by atoms with Crippen LogP contribution in [0.1, 0.15) is 43.5 Å². The topological polar surface area (TPSA) is 65.0 Å². The molecule has 0 fully saturated rings. The summed E-state index contributed by atoms with van der Waals surface area (Å²) in [6, 6.07) is 9.45. The molecule has 0 spiro atoms. The predicted octanol–water partition coefficient (Wildman–Crippen LogP) is 4.73. The highest BCUT2D eigenvalue weighted by molar-refractivity contribution is 6.01. The molecule has 5 heteroatoms. The molecule has 1 aromatic carbocycles. The lowest BCUT2D eigenvalue weighted by atomic mass is 9.85. The van der Waals surface area contributed by atoms with Crippen molar-refractivity contribution in [3.63, 3.8) is 0 Å². The Labute approximate surface area is 158 Å². The number of Topliss-reactive ketones (excluding diaryl/α,β-unsaturated/α-hetero) is 1. The summed E-state index contributed by atoms with van der Waals surface area (Å²) in [5.74, 6) is 1.37. The second-order valence-electron chi connectivity index (χ2n) is 6.83. The fraction of sp³-hybridized carbons (Fsp3) is 0.273. The lowest BCUT2D eigenvalue weighted by Crippen LogP contribution is -2.40. The van der Waals surface area contributed by atoms with Crippen LogP contribution in [0, 0.1) is 0 Å². The molecule has 0 amide bonds. The molecule has 1 aliphatic heterocycles. The zero-order chi connectivity index (χ0) is 18.9. The largest absolute Gasteiger partial charge is 0.486 e. The number of fused-ring (bicyclic) bond motifs is 1. The Bertz CT molecular complexity index is 965. The molecule has 3 heterocycles. The smallest absolute Gasteiger partial charge is 0.170 e. The monoisotopic (exact) mass is 359 g/mol. The minimum atomic E-state index is -0.381. The van der Waals surface area contributed by atoms with Crippen molar-refractivity contribution in [2.75, 3.05) is 0 Å². The van der Waals surface area contributed by atoms with Crippen molar-refractivity contribution in [2.45, 2.75) is 38.7 Å². The fourth-order valence-electron chi connectivity index (χ4n) is 3.45. The third kappa shape index (κ3) is 3.21. The van der Waals surface area contributed by atoms with Crippen LogP contribution in [-0.4, -0.2) is 26.3 Å². The number of nitrogens with zero attached hydrogens (tertiary/aromatic N) is 3. The number of carbonyl (C=O) groups is 1. The number of carbonyl (C=O) groups excluding carboxylic acids is 1. The first-order valence-corrected chi connectivity index (χ1v) is 9.23. The molecule has 0 radical (unpaired) electrons. The third-order valence-electron chi connectivity index (χ3n) is 5.30. The minimum absolute atomic E-state index is 0.121. The van der Waals surface area contributed by atoms with Gasteiger partial charge in [-0.2, -0.15) is 0 Å². The number of aromatic nitrogens is 3. The molecule has 0 saturated heterocycles. The summed E-state index contributed by atoms with van der Waals surface area (Å²) in [6.07, 6.45) is 9.10. The molecule has 0 N–H and O–H groups in total. The lowest BCUT2D eigenvalue weighted by molar-refractivity contribution is 0.0350. The number of benzene rings is 1. The molecule has 136 valence electrons. The molecular weight excluding hydrogens is 338 g/mol. The zero-order valence-corrected chi connectivity index (χ0v) is 15.5. The van der Waals surface area contributed by atoms with Gasteiger partial charge in [0, 0.05) is 35.9 Å². The maximum absolute atomic E-state index is 12.7. The number of hydrogen-bond donors (Lipinski definition) is 0. The van der Waals surface area contributed by atoms with E-state index in [0.29, 0.717) is 23.6 Å². The zero-order valence-electron chi connectivity index (χ0n) is 15.5. The van der Waals surface area contributed by atoms with Crippen LogP contribution < -0.4 is 4.74 Å². The van der Waals surface area contributed by atoms with Crippen molar-refractivity contribution in [1.29, 1.82) is 0 Å².